The Morgan fingerprint density at radius 2 is 1.94 bits per heavy atom. The molecule has 2 aliphatic heterocycles. The molecule has 4 heteroatoms. The van der Waals surface area contributed by atoms with Crippen LogP contribution in [0.1, 0.15) is 31.2 Å². The summed E-state index contributed by atoms with van der Waals surface area (Å²) in [5, 5.41) is 9.76. The first-order valence-electron chi connectivity index (χ1n) is 6.51. The van der Waals surface area contributed by atoms with Crippen LogP contribution in [0.4, 0.5) is 4.39 Å². The van der Waals surface area contributed by atoms with Crippen LogP contribution in [0.3, 0.4) is 0 Å². The second-order valence-electron chi connectivity index (χ2n) is 5.42. The van der Waals surface area contributed by atoms with Gasteiger partial charge >= 0.3 is 0 Å². The van der Waals surface area contributed by atoms with E-state index in [0.717, 1.165) is 35.7 Å². The molecule has 2 saturated heterocycles. The smallest absolute Gasteiger partial charge is 0.127 e. The molecule has 0 aromatic heterocycles. The van der Waals surface area contributed by atoms with E-state index in [-0.39, 0.29) is 11.9 Å². The summed E-state index contributed by atoms with van der Waals surface area (Å²) in [6.45, 7) is 0.660. The van der Waals surface area contributed by atoms with Gasteiger partial charge in [0.1, 0.15) is 5.82 Å². The third kappa shape index (κ3) is 2.33. The maximum absolute atomic E-state index is 13.8. The molecule has 2 atom stereocenters. The van der Waals surface area contributed by atoms with Crippen molar-refractivity contribution in [3.05, 3.63) is 34.1 Å². The molecular weight excluding hydrogens is 297 g/mol. The molecular formula is C14H17BrFNO. The van der Waals surface area contributed by atoms with E-state index in [1.165, 1.54) is 6.07 Å². The molecule has 18 heavy (non-hydrogen) atoms. The zero-order chi connectivity index (χ0) is 12.7. The monoisotopic (exact) mass is 313 g/mol. The average Bonchev–Trinajstić information content (AvgIpc) is 2.57. The highest BCUT2D eigenvalue weighted by Crippen LogP contribution is 2.37. The van der Waals surface area contributed by atoms with Gasteiger partial charge in [-0.1, -0.05) is 15.9 Å². The second kappa shape index (κ2) is 4.91. The molecule has 1 aromatic rings. The Hall–Kier alpha value is -0.450. The first kappa shape index (κ1) is 12.6. The van der Waals surface area contributed by atoms with E-state index in [2.05, 4.69) is 20.8 Å². The number of benzene rings is 1. The summed E-state index contributed by atoms with van der Waals surface area (Å²) in [6, 6.07) is 5.96. The highest BCUT2D eigenvalue weighted by Gasteiger charge is 2.40. The number of fused-ring (bicyclic) bond motifs is 2. The Bertz CT molecular complexity index is 439. The molecule has 0 radical (unpaired) electrons. The summed E-state index contributed by atoms with van der Waals surface area (Å²) in [5.74, 6) is -0.135. The minimum absolute atomic E-state index is 0.135. The van der Waals surface area contributed by atoms with Crippen molar-refractivity contribution >= 4 is 15.9 Å². The van der Waals surface area contributed by atoms with E-state index < -0.39 is 0 Å². The lowest BCUT2D eigenvalue weighted by Crippen LogP contribution is -2.44. The van der Waals surface area contributed by atoms with Crippen LogP contribution in [0.15, 0.2) is 22.7 Å². The maximum Gasteiger partial charge on any atom is 0.127 e. The molecule has 0 aliphatic carbocycles. The summed E-state index contributed by atoms with van der Waals surface area (Å²) < 4.78 is 14.7. The highest BCUT2D eigenvalue weighted by atomic mass is 79.9. The topological polar surface area (TPSA) is 23.5 Å². The predicted octanol–water partition coefficient (Wildman–Crippen LogP) is 3.08. The van der Waals surface area contributed by atoms with Gasteiger partial charge in [0.25, 0.3) is 0 Å². The van der Waals surface area contributed by atoms with Gasteiger partial charge in [-0.15, -0.1) is 0 Å². The molecule has 2 heterocycles. The largest absolute Gasteiger partial charge is 0.393 e. The van der Waals surface area contributed by atoms with Crippen LogP contribution in [0.25, 0.3) is 0 Å². The standard InChI is InChI=1S/C14H17BrFNO/c15-10-1-4-14(16)9(5-10)8-17-11-2-3-12(17)7-13(18)6-11/h1,4-5,11-13,18H,2-3,6-8H2. The zero-order valence-electron chi connectivity index (χ0n) is 10.1. The van der Waals surface area contributed by atoms with Crippen LogP contribution < -0.4 is 0 Å². The number of halogens is 2. The molecule has 2 fully saturated rings. The van der Waals surface area contributed by atoms with Crippen molar-refractivity contribution in [2.24, 2.45) is 0 Å². The average molecular weight is 314 g/mol. The minimum Gasteiger partial charge on any atom is -0.393 e. The number of hydrogen-bond donors (Lipinski definition) is 1. The molecule has 2 bridgehead atoms. The Labute approximate surface area is 115 Å². The van der Waals surface area contributed by atoms with Gasteiger partial charge in [-0.25, -0.2) is 4.39 Å². The van der Waals surface area contributed by atoms with Gasteiger partial charge in [0, 0.05) is 28.7 Å². The van der Waals surface area contributed by atoms with Crippen molar-refractivity contribution in [3.8, 4) is 0 Å². The lowest BCUT2D eigenvalue weighted by atomic mass is 9.99. The fourth-order valence-electron chi connectivity index (χ4n) is 3.36. The molecule has 1 aromatic carbocycles. The third-order valence-electron chi connectivity index (χ3n) is 4.22. The van der Waals surface area contributed by atoms with E-state index >= 15 is 0 Å². The number of aliphatic hydroxyl groups excluding tert-OH is 1. The zero-order valence-corrected chi connectivity index (χ0v) is 11.7. The van der Waals surface area contributed by atoms with Gasteiger partial charge in [0.15, 0.2) is 0 Å². The van der Waals surface area contributed by atoms with Gasteiger partial charge in [-0.2, -0.15) is 0 Å². The fraction of sp³-hybridized carbons (Fsp3) is 0.571. The second-order valence-corrected chi connectivity index (χ2v) is 6.33. The Morgan fingerprint density at radius 3 is 2.61 bits per heavy atom. The van der Waals surface area contributed by atoms with E-state index in [1.54, 1.807) is 6.07 Å². The van der Waals surface area contributed by atoms with Crippen molar-refractivity contribution in [2.75, 3.05) is 0 Å². The lowest BCUT2D eigenvalue weighted by molar-refractivity contribution is 0.0305. The van der Waals surface area contributed by atoms with Gasteiger partial charge in [-0.3, -0.25) is 4.90 Å². The van der Waals surface area contributed by atoms with Gasteiger partial charge in [0.05, 0.1) is 6.10 Å². The van der Waals surface area contributed by atoms with E-state index in [4.69, 9.17) is 0 Å². The molecule has 0 amide bonds. The van der Waals surface area contributed by atoms with Crippen molar-refractivity contribution in [3.63, 3.8) is 0 Å². The minimum atomic E-state index is -0.161. The first-order chi connectivity index (χ1) is 8.63. The number of rotatable bonds is 2. The molecule has 2 unspecified atom stereocenters. The van der Waals surface area contributed by atoms with Crippen molar-refractivity contribution in [1.82, 2.24) is 4.90 Å². The number of nitrogens with zero attached hydrogens (tertiary/aromatic N) is 1. The third-order valence-corrected chi connectivity index (χ3v) is 4.71. The molecule has 98 valence electrons. The first-order valence-corrected chi connectivity index (χ1v) is 7.30. The van der Waals surface area contributed by atoms with E-state index in [1.807, 2.05) is 6.07 Å². The highest BCUT2D eigenvalue weighted by molar-refractivity contribution is 9.10. The molecule has 0 saturated carbocycles. The van der Waals surface area contributed by atoms with Gasteiger partial charge in [-0.05, 0) is 43.9 Å². The summed E-state index contributed by atoms with van der Waals surface area (Å²) in [5.41, 5.74) is 0.748. The summed E-state index contributed by atoms with van der Waals surface area (Å²) in [6.07, 6.45) is 3.79. The van der Waals surface area contributed by atoms with Crippen molar-refractivity contribution in [1.29, 1.82) is 0 Å². The van der Waals surface area contributed by atoms with E-state index in [0.29, 0.717) is 18.6 Å². The summed E-state index contributed by atoms with van der Waals surface area (Å²) in [7, 11) is 0. The Kier molecular flexibility index (Phi) is 3.43. The quantitative estimate of drug-likeness (QED) is 0.907. The van der Waals surface area contributed by atoms with Crippen molar-refractivity contribution < 1.29 is 9.50 Å². The molecule has 3 rings (SSSR count). The molecule has 1 N–H and O–H groups in total. The van der Waals surface area contributed by atoms with Crippen LogP contribution in [0.5, 0.6) is 0 Å². The predicted molar refractivity (Wildman–Crippen MR) is 71.7 cm³/mol. The summed E-state index contributed by atoms with van der Waals surface area (Å²) >= 11 is 3.39. The van der Waals surface area contributed by atoms with Crippen LogP contribution in [-0.4, -0.2) is 28.2 Å². The van der Waals surface area contributed by atoms with Crippen LogP contribution in [0.2, 0.25) is 0 Å². The van der Waals surface area contributed by atoms with Crippen LogP contribution in [-0.2, 0) is 6.54 Å². The van der Waals surface area contributed by atoms with Gasteiger partial charge in [0.2, 0.25) is 0 Å². The molecule has 2 nitrogen and oxygen atoms in total. The Morgan fingerprint density at radius 1 is 1.28 bits per heavy atom. The number of aliphatic hydroxyl groups is 1. The number of hydrogen-bond acceptors (Lipinski definition) is 2. The SMILES string of the molecule is OC1CC2CCC(C1)N2Cc1cc(Br)ccc1F. The molecule has 2 aliphatic rings. The van der Waals surface area contributed by atoms with Crippen molar-refractivity contribution in [2.45, 2.75) is 50.4 Å². The maximum atomic E-state index is 13.8. The van der Waals surface area contributed by atoms with Crippen LogP contribution in [0, 0.1) is 5.82 Å². The lowest BCUT2D eigenvalue weighted by Gasteiger charge is -2.37. The van der Waals surface area contributed by atoms with E-state index in [9.17, 15) is 9.50 Å². The number of piperidine rings is 1. The Balaban J connectivity index is 1.79. The van der Waals surface area contributed by atoms with Crippen LogP contribution >= 0.6 is 15.9 Å². The van der Waals surface area contributed by atoms with Gasteiger partial charge < -0.3 is 5.11 Å². The fourth-order valence-corrected chi connectivity index (χ4v) is 3.77. The molecule has 0 spiro atoms. The summed E-state index contributed by atoms with van der Waals surface area (Å²) in [4.78, 5) is 2.37. The normalized spacial score (nSPS) is 31.8.